The number of halogens is 2. The average Bonchev–Trinajstić information content (AvgIpc) is 2.09. The SMILES string of the molecule is [2H]C([2H])(O)C([2H])([2H])Oc1cc(Br)cnc1Cl. The third kappa shape index (κ3) is 2.62. The van der Waals surface area contributed by atoms with Gasteiger partial charge in [-0.3, -0.25) is 0 Å². The Hall–Kier alpha value is -0.320. The maximum Gasteiger partial charge on any atom is 0.171 e. The molecule has 0 amide bonds. The van der Waals surface area contributed by atoms with E-state index in [0.29, 0.717) is 4.47 Å². The van der Waals surface area contributed by atoms with Crippen LogP contribution in [0.5, 0.6) is 5.75 Å². The summed E-state index contributed by atoms with van der Waals surface area (Å²) in [4.78, 5) is 3.67. The molecule has 0 saturated heterocycles. The standard InChI is InChI=1S/C7H7BrClNO2/c8-5-3-6(12-2-1-11)7(9)10-4-5/h3-4,11H,1-2H2/i1D2,2D2. The van der Waals surface area contributed by atoms with E-state index < -0.39 is 13.1 Å². The summed E-state index contributed by atoms with van der Waals surface area (Å²) in [6, 6.07) is 1.32. The number of ether oxygens (including phenoxy) is 1. The van der Waals surface area contributed by atoms with Gasteiger partial charge in [-0.25, -0.2) is 4.98 Å². The molecule has 1 aromatic heterocycles. The largest absolute Gasteiger partial charge is 0.488 e. The molecule has 0 aromatic carbocycles. The molecule has 0 atom stereocenters. The summed E-state index contributed by atoms with van der Waals surface area (Å²) in [5, 5.41) is 8.80. The summed E-state index contributed by atoms with van der Waals surface area (Å²) in [5.41, 5.74) is 0. The highest BCUT2D eigenvalue weighted by Gasteiger charge is 2.02. The lowest BCUT2D eigenvalue weighted by Crippen LogP contribution is -2.02. The molecule has 0 unspecified atom stereocenters. The van der Waals surface area contributed by atoms with Gasteiger partial charge in [-0.1, -0.05) is 11.6 Å². The Morgan fingerprint density at radius 1 is 1.83 bits per heavy atom. The maximum atomic E-state index is 8.93. The van der Waals surface area contributed by atoms with Gasteiger partial charge in [0.15, 0.2) is 10.9 Å². The number of aliphatic hydroxyl groups is 1. The zero-order valence-corrected chi connectivity index (χ0v) is 8.06. The molecule has 1 N–H and O–H groups in total. The van der Waals surface area contributed by atoms with Crippen molar-refractivity contribution in [1.29, 1.82) is 0 Å². The monoisotopic (exact) mass is 255 g/mol. The van der Waals surface area contributed by atoms with Crippen LogP contribution in [0.4, 0.5) is 0 Å². The number of hydrogen-bond donors (Lipinski definition) is 1. The average molecular weight is 257 g/mol. The lowest BCUT2D eigenvalue weighted by atomic mass is 10.5. The molecule has 1 aromatic rings. The fourth-order valence-corrected chi connectivity index (χ4v) is 1.01. The zero-order valence-electron chi connectivity index (χ0n) is 9.71. The third-order valence-electron chi connectivity index (χ3n) is 0.980. The fraction of sp³-hybridized carbons (Fsp3) is 0.286. The first kappa shape index (κ1) is 5.42. The maximum absolute atomic E-state index is 8.93. The van der Waals surface area contributed by atoms with Crippen LogP contribution < -0.4 is 4.74 Å². The molecule has 0 bridgehead atoms. The second-order valence-corrected chi connectivity index (χ2v) is 3.03. The number of hydrogen-bond acceptors (Lipinski definition) is 3. The molecule has 1 heterocycles. The number of nitrogens with zero attached hydrogens (tertiary/aromatic N) is 1. The molecule has 66 valence electrons. The van der Waals surface area contributed by atoms with E-state index in [1.165, 1.54) is 12.3 Å². The summed E-state index contributed by atoms with van der Waals surface area (Å²) < 4.78 is 33.3. The number of aromatic nitrogens is 1. The smallest absolute Gasteiger partial charge is 0.171 e. The molecule has 0 saturated carbocycles. The summed E-state index contributed by atoms with van der Waals surface area (Å²) in [6.45, 7) is -6.09. The van der Waals surface area contributed by atoms with Crippen LogP contribution in [0.15, 0.2) is 16.7 Å². The first-order chi connectivity index (χ1) is 7.13. The first-order valence-corrected chi connectivity index (χ1v) is 4.03. The van der Waals surface area contributed by atoms with Crippen LogP contribution in [-0.2, 0) is 0 Å². The number of pyridine rings is 1. The van der Waals surface area contributed by atoms with Crippen LogP contribution in [0.25, 0.3) is 0 Å². The molecule has 0 aliphatic rings. The Labute approximate surface area is 89.1 Å². The van der Waals surface area contributed by atoms with Gasteiger partial charge in [0.05, 0.1) is 12.0 Å². The van der Waals surface area contributed by atoms with Gasteiger partial charge >= 0.3 is 0 Å². The summed E-state index contributed by atoms with van der Waals surface area (Å²) in [5.74, 6) is -0.168. The minimum absolute atomic E-state index is 0.128. The lowest BCUT2D eigenvalue weighted by Gasteiger charge is -2.04. The van der Waals surface area contributed by atoms with Crippen LogP contribution in [0.2, 0.25) is 5.15 Å². The van der Waals surface area contributed by atoms with Crippen molar-refractivity contribution in [2.75, 3.05) is 13.1 Å². The second kappa shape index (κ2) is 4.64. The quantitative estimate of drug-likeness (QED) is 0.840. The van der Waals surface area contributed by atoms with Gasteiger partial charge in [-0.15, -0.1) is 0 Å². The lowest BCUT2D eigenvalue weighted by molar-refractivity contribution is 0.201. The van der Waals surface area contributed by atoms with Crippen molar-refractivity contribution >= 4 is 27.5 Å². The van der Waals surface area contributed by atoms with Crippen molar-refractivity contribution < 1.29 is 15.3 Å². The van der Waals surface area contributed by atoms with Gasteiger partial charge in [-0.05, 0) is 22.0 Å². The van der Waals surface area contributed by atoms with Crippen molar-refractivity contribution in [2.24, 2.45) is 0 Å². The Kier molecular flexibility index (Phi) is 2.10. The molecule has 0 fully saturated rings. The van der Waals surface area contributed by atoms with Crippen LogP contribution in [0.1, 0.15) is 5.48 Å². The molecule has 5 heteroatoms. The molecule has 12 heavy (non-hydrogen) atoms. The van der Waals surface area contributed by atoms with E-state index in [9.17, 15) is 0 Å². The van der Waals surface area contributed by atoms with Crippen molar-refractivity contribution in [1.82, 2.24) is 4.98 Å². The van der Waals surface area contributed by atoms with Gasteiger partial charge in [-0.2, -0.15) is 0 Å². The Morgan fingerprint density at radius 2 is 2.58 bits per heavy atom. The highest BCUT2D eigenvalue weighted by atomic mass is 79.9. The van der Waals surface area contributed by atoms with Crippen molar-refractivity contribution in [3.8, 4) is 5.75 Å². The summed E-state index contributed by atoms with van der Waals surface area (Å²) in [7, 11) is 0. The Morgan fingerprint density at radius 3 is 3.25 bits per heavy atom. The predicted molar refractivity (Wildman–Crippen MR) is 49.5 cm³/mol. The molecule has 0 aliphatic heterocycles. The third-order valence-corrected chi connectivity index (χ3v) is 1.70. The minimum Gasteiger partial charge on any atom is -0.488 e. The molecule has 1 rings (SSSR count). The van der Waals surface area contributed by atoms with Crippen LogP contribution in [0.3, 0.4) is 0 Å². The van der Waals surface area contributed by atoms with Crippen molar-refractivity contribution in [3.05, 3.63) is 21.9 Å². The first-order valence-electron chi connectivity index (χ1n) is 4.86. The number of rotatable bonds is 3. The van der Waals surface area contributed by atoms with Crippen molar-refractivity contribution in [2.45, 2.75) is 0 Å². The van der Waals surface area contributed by atoms with E-state index in [1.54, 1.807) is 0 Å². The zero-order chi connectivity index (χ0) is 12.6. The highest BCUT2D eigenvalue weighted by molar-refractivity contribution is 9.10. The topological polar surface area (TPSA) is 42.4 Å². The highest BCUT2D eigenvalue weighted by Crippen LogP contribution is 2.24. The predicted octanol–water partition coefficient (Wildman–Crippen LogP) is 1.87. The van der Waals surface area contributed by atoms with E-state index in [1.807, 2.05) is 0 Å². The van der Waals surface area contributed by atoms with E-state index in [4.69, 9.17) is 22.2 Å². The fourth-order valence-electron chi connectivity index (χ4n) is 0.553. The van der Waals surface area contributed by atoms with E-state index >= 15 is 0 Å². The second-order valence-electron chi connectivity index (χ2n) is 1.76. The van der Waals surface area contributed by atoms with E-state index in [-0.39, 0.29) is 10.9 Å². The Balaban J connectivity index is 3.01. The summed E-state index contributed by atoms with van der Waals surface area (Å²) >= 11 is 8.70. The van der Waals surface area contributed by atoms with Crippen LogP contribution >= 0.6 is 27.5 Å². The molecular weight excluding hydrogens is 245 g/mol. The van der Waals surface area contributed by atoms with Gasteiger partial charge in [0, 0.05) is 10.7 Å². The van der Waals surface area contributed by atoms with E-state index in [0.717, 1.165) is 0 Å². The van der Waals surface area contributed by atoms with E-state index in [2.05, 4.69) is 25.7 Å². The molecule has 0 radical (unpaired) electrons. The summed E-state index contributed by atoms with van der Waals surface area (Å²) in [6.07, 6.45) is 1.37. The molecular formula is C7H7BrClNO2. The van der Waals surface area contributed by atoms with Crippen LogP contribution in [0, 0.1) is 0 Å². The van der Waals surface area contributed by atoms with Crippen LogP contribution in [-0.4, -0.2) is 23.2 Å². The van der Waals surface area contributed by atoms with Gasteiger partial charge < -0.3 is 9.84 Å². The van der Waals surface area contributed by atoms with Gasteiger partial charge in [0.1, 0.15) is 6.56 Å². The normalized spacial score (nSPS) is 17.2. The van der Waals surface area contributed by atoms with Gasteiger partial charge in [0.25, 0.3) is 0 Å². The molecule has 0 spiro atoms. The molecule has 3 nitrogen and oxygen atoms in total. The van der Waals surface area contributed by atoms with Gasteiger partial charge in [0.2, 0.25) is 0 Å². The Bertz CT molecular complexity index is 398. The van der Waals surface area contributed by atoms with Crippen molar-refractivity contribution in [3.63, 3.8) is 0 Å². The molecule has 0 aliphatic carbocycles. The minimum atomic E-state index is -3.15.